The molecular weight excluding hydrogens is 358 g/mol. The highest BCUT2D eigenvalue weighted by Crippen LogP contribution is 2.32. The Bertz CT molecular complexity index is 899. The summed E-state index contributed by atoms with van der Waals surface area (Å²) in [5, 5.41) is 0. The molecule has 4 rings (SSSR count). The molecule has 146 valence electrons. The summed E-state index contributed by atoms with van der Waals surface area (Å²) in [6, 6.07) is 7.73. The lowest BCUT2D eigenvalue weighted by molar-refractivity contribution is -0.119. The summed E-state index contributed by atoms with van der Waals surface area (Å²) in [5.41, 5.74) is 8.87. The molecule has 8 heteroatoms. The van der Waals surface area contributed by atoms with E-state index in [9.17, 15) is 9.59 Å². The summed E-state index contributed by atoms with van der Waals surface area (Å²) in [6.45, 7) is 5.17. The van der Waals surface area contributed by atoms with Crippen molar-refractivity contribution < 1.29 is 14.3 Å². The Morgan fingerprint density at radius 1 is 1.29 bits per heavy atom. The minimum atomic E-state index is -0.362. The van der Waals surface area contributed by atoms with Gasteiger partial charge in [0.15, 0.2) is 5.82 Å². The molecule has 2 N–H and O–H groups in total. The van der Waals surface area contributed by atoms with Crippen LogP contribution in [0.3, 0.4) is 0 Å². The SMILES string of the molecule is C[C@H]1COCCN1c1nc(-c2ccc(CC(N)=O)cc2)nc2c1CN(C=O)C2. The van der Waals surface area contributed by atoms with E-state index >= 15 is 0 Å². The molecule has 0 saturated carbocycles. The summed E-state index contributed by atoms with van der Waals surface area (Å²) >= 11 is 0. The lowest BCUT2D eigenvalue weighted by atomic mass is 10.1. The van der Waals surface area contributed by atoms with E-state index in [0.717, 1.165) is 41.2 Å². The molecule has 1 saturated heterocycles. The van der Waals surface area contributed by atoms with Gasteiger partial charge in [-0.25, -0.2) is 9.97 Å². The first-order valence-electron chi connectivity index (χ1n) is 9.36. The number of anilines is 1. The van der Waals surface area contributed by atoms with Crippen LogP contribution in [-0.2, 0) is 33.8 Å². The van der Waals surface area contributed by atoms with Gasteiger partial charge in [-0.1, -0.05) is 24.3 Å². The quantitative estimate of drug-likeness (QED) is 0.771. The largest absolute Gasteiger partial charge is 0.377 e. The number of fused-ring (bicyclic) bond motifs is 1. The number of carbonyl (C=O) groups excluding carboxylic acids is 2. The zero-order chi connectivity index (χ0) is 19.7. The van der Waals surface area contributed by atoms with Crippen LogP contribution in [0.4, 0.5) is 5.82 Å². The molecule has 0 spiro atoms. The standard InChI is InChI=1S/C20H23N5O3/c1-13-11-28-7-6-25(13)20-16-9-24(12-26)10-17(16)22-19(23-20)15-4-2-14(3-5-15)8-18(21)27/h2-5,12-13H,6-11H2,1H3,(H2,21,27)/t13-/m0/s1. The molecule has 0 radical (unpaired) electrons. The number of hydrogen-bond acceptors (Lipinski definition) is 6. The fraction of sp³-hybridized carbons (Fsp3) is 0.400. The smallest absolute Gasteiger partial charge is 0.221 e. The lowest BCUT2D eigenvalue weighted by Gasteiger charge is -2.35. The third-order valence-corrected chi connectivity index (χ3v) is 5.16. The van der Waals surface area contributed by atoms with Gasteiger partial charge in [0.2, 0.25) is 12.3 Å². The van der Waals surface area contributed by atoms with Gasteiger partial charge >= 0.3 is 0 Å². The van der Waals surface area contributed by atoms with Crippen molar-refractivity contribution in [2.45, 2.75) is 32.5 Å². The van der Waals surface area contributed by atoms with Crippen molar-refractivity contribution in [3.63, 3.8) is 0 Å². The zero-order valence-corrected chi connectivity index (χ0v) is 15.8. The van der Waals surface area contributed by atoms with Crippen LogP contribution < -0.4 is 10.6 Å². The fourth-order valence-corrected chi connectivity index (χ4v) is 3.72. The van der Waals surface area contributed by atoms with E-state index in [-0.39, 0.29) is 18.4 Å². The first-order chi connectivity index (χ1) is 13.5. The molecule has 1 atom stereocenters. The van der Waals surface area contributed by atoms with Crippen molar-refractivity contribution >= 4 is 18.1 Å². The van der Waals surface area contributed by atoms with E-state index in [4.69, 9.17) is 20.4 Å². The van der Waals surface area contributed by atoms with Gasteiger partial charge in [-0.3, -0.25) is 9.59 Å². The first kappa shape index (κ1) is 18.4. The number of amides is 2. The summed E-state index contributed by atoms with van der Waals surface area (Å²) < 4.78 is 5.57. The topological polar surface area (TPSA) is 102 Å². The van der Waals surface area contributed by atoms with Gasteiger partial charge in [-0.2, -0.15) is 0 Å². The summed E-state index contributed by atoms with van der Waals surface area (Å²) in [7, 11) is 0. The van der Waals surface area contributed by atoms with Crippen molar-refractivity contribution in [3.05, 3.63) is 41.1 Å². The molecule has 0 aliphatic carbocycles. The highest BCUT2D eigenvalue weighted by atomic mass is 16.5. The Kier molecular flexibility index (Phi) is 4.95. The number of nitrogens with two attached hydrogens (primary N) is 1. The monoisotopic (exact) mass is 381 g/mol. The second-order valence-corrected chi connectivity index (χ2v) is 7.26. The number of morpholine rings is 1. The van der Waals surface area contributed by atoms with Crippen molar-refractivity contribution in [2.24, 2.45) is 5.73 Å². The zero-order valence-electron chi connectivity index (χ0n) is 15.8. The molecule has 2 amide bonds. The van der Waals surface area contributed by atoms with Crippen LogP contribution in [0, 0.1) is 0 Å². The third-order valence-electron chi connectivity index (χ3n) is 5.16. The van der Waals surface area contributed by atoms with Gasteiger partial charge in [0.1, 0.15) is 5.82 Å². The minimum absolute atomic E-state index is 0.198. The molecule has 1 aromatic carbocycles. The number of primary amides is 1. The van der Waals surface area contributed by atoms with E-state index in [1.807, 2.05) is 24.3 Å². The second kappa shape index (κ2) is 7.55. The molecule has 0 unspecified atom stereocenters. The highest BCUT2D eigenvalue weighted by molar-refractivity contribution is 5.76. The van der Waals surface area contributed by atoms with Gasteiger partial charge in [0.05, 0.1) is 44.5 Å². The Labute approximate surface area is 163 Å². The van der Waals surface area contributed by atoms with Crippen LogP contribution in [-0.4, -0.2) is 53.0 Å². The van der Waals surface area contributed by atoms with E-state index in [1.165, 1.54) is 0 Å². The Balaban J connectivity index is 1.73. The van der Waals surface area contributed by atoms with Crippen LogP contribution in [0.25, 0.3) is 11.4 Å². The van der Waals surface area contributed by atoms with Crippen molar-refractivity contribution in [1.29, 1.82) is 0 Å². The van der Waals surface area contributed by atoms with Crippen LogP contribution in [0.2, 0.25) is 0 Å². The minimum Gasteiger partial charge on any atom is -0.377 e. The molecule has 2 aliphatic heterocycles. The Hall–Kier alpha value is -3.00. The lowest BCUT2D eigenvalue weighted by Crippen LogP contribution is -2.44. The van der Waals surface area contributed by atoms with Gasteiger partial charge in [0.25, 0.3) is 0 Å². The number of benzene rings is 1. The average molecular weight is 381 g/mol. The maximum atomic E-state index is 11.3. The molecule has 2 aromatic rings. The second-order valence-electron chi connectivity index (χ2n) is 7.26. The number of ether oxygens (including phenoxy) is 1. The van der Waals surface area contributed by atoms with Crippen LogP contribution in [0.15, 0.2) is 24.3 Å². The molecule has 0 bridgehead atoms. The van der Waals surface area contributed by atoms with E-state index in [0.29, 0.717) is 32.1 Å². The van der Waals surface area contributed by atoms with E-state index in [2.05, 4.69) is 11.8 Å². The average Bonchev–Trinajstić information content (AvgIpc) is 3.11. The molecule has 8 nitrogen and oxygen atoms in total. The first-order valence-corrected chi connectivity index (χ1v) is 9.36. The van der Waals surface area contributed by atoms with Crippen molar-refractivity contribution in [3.8, 4) is 11.4 Å². The number of hydrogen-bond donors (Lipinski definition) is 1. The molecule has 1 fully saturated rings. The van der Waals surface area contributed by atoms with Crippen molar-refractivity contribution in [2.75, 3.05) is 24.7 Å². The third kappa shape index (κ3) is 3.55. The maximum absolute atomic E-state index is 11.3. The number of rotatable bonds is 5. The normalized spacial score (nSPS) is 18.8. The predicted molar refractivity (Wildman–Crippen MR) is 103 cm³/mol. The van der Waals surface area contributed by atoms with E-state index in [1.54, 1.807) is 4.90 Å². The van der Waals surface area contributed by atoms with Gasteiger partial charge in [-0.05, 0) is 12.5 Å². The van der Waals surface area contributed by atoms with Crippen LogP contribution >= 0.6 is 0 Å². The van der Waals surface area contributed by atoms with Gasteiger partial charge in [-0.15, -0.1) is 0 Å². The summed E-state index contributed by atoms with van der Waals surface area (Å²) in [6.07, 6.45) is 1.06. The Morgan fingerprint density at radius 3 is 2.75 bits per heavy atom. The Morgan fingerprint density at radius 2 is 2.07 bits per heavy atom. The molecular formula is C20H23N5O3. The van der Waals surface area contributed by atoms with Crippen molar-refractivity contribution in [1.82, 2.24) is 14.9 Å². The number of carbonyl (C=O) groups is 2. The molecule has 1 aromatic heterocycles. The molecule has 2 aliphatic rings. The number of nitrogens with zero attached hydrogens (tertiary/aromatic N) is 4. The van der Waals surface area contributed by atoms with Crippen LogP contribution in [0.1, 0.15) is 23.7 Å². The van der Waals surface area contributed by atoms with Gasteiger partial charge in [0, 0.05) is 17.7 Å². The van der Waals surface area contributed by atoms with E-state index < -0.39 is 0 Å². The van der Waals surface area contributed by atoms with Gasteiger partial charge < -0.3 is 20.3 Å². The molecule has 28 heavy (non-hydrogen) atoms. The maximum Gasteiger partial charge on any atom is 0.221 e. The fourth-order valence-electron chi connectivity index (χ4n) is 3.72. The summed E-state index contributed by atoms with van der Waals surface area (Å²) in [4.78, 5) is 36.0. The van der Waals surface area contributed by atoms with Crippen LogP contribution in [0.5, 0.6) is 0 Å². The molecule has 3 heterocycles. The highest BCUT2D eigenvalue weighted by Gasteiger charge is 2.30. The number of aromatic nitrogens is 2. The summed E-state index contributed by atoms with van der Waals surface area (Å²) in [5.74, 6) is 1.13. The predicted octanol–water partition coefficient (Wildman–Crippen LogP) is 0.868.